The van der Waals surface area contributed by atoms with Crippen LogP contribution in [0, 0.1) is 0 Å². The number of aliphatic carboxylic acids is 1. The van der Waals surface area contributed by atoms with E-state index in [1.807, 2.05) is 61.2 Å². The quantitative estimate of drug-likeness (QED) is 0.555. The second kappa shape index (κ2) is 11.3. The maximum Gasteiger partial charge on any atom is 0.331 e. The van der Waals surface area contributed by atoms with Crippen LogP contribution in [0.3, 0.4) is 0 Å². The van der Waals surface area contributed by atoms with Crippen molar-refractivity contribution in [2.45, 2.75) is 46.0 Å². The van der Waals surface area contributed by atoms with E-state index in [1.54, 1.807) is 11.0 Å². The Morgan fingerprint density at radius 2 is 1.58 bits per heavy atom. The molecule has 2 aliphatic heterocycles. The van der Waals surface area contributed by atoms with Crippen LogP contribution in [0.1, 0.15) is 61.9 Å². The van der Waals surface area contributed by atoms with Gasteiger partial charge < -0.3 is 14.9 Å². The van der Waals surface area contributed by atoms with Crippen molar-refractivity contribution in [3.8, 4) is 11.1 Å². The minimum atomic E-state index is -1.06. The molecule has 2 heterocycles. The predicted molar refractivity (Wildman–Crippen MR) is 142 cm³/mol. The van der Waals surface area contributed by atoms with Gasteiger partial charge in [0, 0.05) is 49.3 Å². The van der Waals surface area contributed by atoms with E-state index in [4.69, 9.17) is 0 Å². The molecule has 2 aromatic rings. The van der Waals surface area contributed by atoms with Gasteiger partial charge in [-0.3, -0.25) is 9.59 Å². The standard InChI is InChI=1S/C29H33N3O4/c1-3-13-31(14-4-2)28(34)26-19-24(29(35)36)18-23-17-22(11-12-25(23)30-26)20-7-9-21(10-8-20)27(33)32-15-5-6-16-32/h7-12,17-18H,3-6,13-16,19H2,1-2H3,(H,35,36). The molecule has 2 amide bonds. The van der Waals surface area contributed by atoms with Crippen LogP contribution in [-0.4, -0.2) is 64.6 Å². The molecule has 188 valence electrons. The van der Waals surface area contributed by atoms with E-state index in [9.17, 15) is 19.5 Å². The first-order valence-corrected chi connectivity index (χ1v) is 12.8. The lowest BCUT2D eigenvalue weighted by atomic mass is 9.99. The summed E-state index contributed by atoms with van der Waals surface area (Å²) < 4.78 is 0. The molecule has 1 fully saturated rings. The fourth-order valence-electron chi connectivity index (χ4n) is 4.76. The minimum absolute atomic E-state index is 0.0184. The third-order valence-electron chi connectivity index (χ3n) is 6.62. The molecule has 7 nitrogen and oxygen atoms in total. The Balaban J connectivity index is 1.65. The van der Waals surface area contributed by atoms with Crippen LogP contribution < -0.4 is 0 Å². The number of carbonyl (C=O) groups excluding carboxylic acids is 2. The van der Waals surface area contributed by atoms with Gasteiger partial charge in [-0.2, -0.15) is 0 Å². The Kier molecular flexibility index (Phi) is 7.98. The molecule has 0 bridgehead atoms. The number of carboxylic acids is 1. The molecular weight excluding hydrogens is 454 g/mol. The van der Waals surface area contributed by atoms with Gasteiger partial charge in [0.2, 0.25) is 0 Å². The lowest BCUT2D eigenvalue weighted by Gasteiger charge is -2.22. The summed E-state index contributed by atoms with van der Waals surface area (Å²) >= 11 is 0. The number of fused-ring (bicyclic) bond motifs is 1. The average molecular weight is 488 g/mol. The summed E-state index contributed by atoms with van der Waals surface area (Å²) in [5.41, 5.74) is 4.09. The van der Waals surface area contributed by atoms with Gasteiger partial charge in [-0.15, -0.1) is 0 Å². The van der Waals surface area contributed by atoms with Crippen molar-refractivity contribution in [3.63, 3.8) is 0 Å². The van der Waals surface area contributed by atoms with Crippen molar-refractivity contribution in [1.82, 2.24) is 9.80 Å². The number of carbonyl (C=O) groups is 3. The molecule has 0 radical (unpaired) electrons. The molecule has 36 heavy (non-hydrogen) atoms. The first kappa shape index (κ1) is 25.4. The number of hydrogen-bond acceptors (Lipinski definition) is 4. The average Bonchev–Trinajstić information content (AvgIpc) is 3.35. The maximum atomic E-state index is 13.2. The summed E-state index contributed by atoms with van der Waals surface area (Å²) in [5.74, 6) is -1.21. The Bertz CT molecular complexity index is 1200. The molecule has 7 heteroatoms. The van der Waals surface area contributed by atoms with Gasteiger partial charge in [-0.25, -0.2) is 9.79 Å². The number of amides is 2. The molecule has 0 aliphatic carbocycles. The molecule has 0 unspecified atom stereocenters. The fourth-order valence-corrected chi connectivity index (χ4v) is 4.76. The largest absolute Gasteiger partial charge is 0.478 e. The van der Waals surface area contributed by atoms with Crippen molar-refractivity contribution in [2.75, 3.05) is 26.2 Å². The van der Waals surface area contributed by atoms with E-state index < -0.39 is 5.97 Å². The fraction of sp³-hybridized carbons (Fsp3) is 0.379. The molecule has 1 saturated heterocycles. The molecule has 0 saturated carbocycles. The van der Waals surface area contributed by atoms with Crippen molar-refractivity contribution < 1.29 is 19.5 Å². The third kappa shape index (κ3) is 5.56. The molecule has 2 aliphatic rings. The van der Waals surface area contributed by atoms with Gasteiger partial charge in [0.05, 0.1) is 5.69 Å². The van der Waals surface area contributed by atoms with E-state index in [0.29, 0.717) is 29.9 Å². The van der Waals surface area contributed by atoms with E-state index >= 15 is 0 Å². The first-order valence-electron chi connectivity index (χ1n) is 12.8. The van der Waals surface area contributed by atoms with E-state index in [2.05, 4.69) is 4.99 Å². The second-order valence-corrected chi connectivity index (χ2v) is 9.35. The molecular formula is C29H33N3O4. The Morgan fingerprint density at radius 3 is 2.19 bits per heavy atom. The van der Waals surface area contributed by atoms with Gasteiger partial charge in [0.1, 0.15) is 5.71 Å². The highest BCUT2D eigenvalue weighted by Crippen LogP contribution is 2.32. The molecule has 0 aromatic heterocycles. The smallest absolute Gasteiger partial charge is 0.331 e. The maximum absolute atomic E-state index is 13.2. The minimum Gasteiger partial charge on any atom is -0.478 e. The van der Waals surface area contributed by atoms with Crippen LogP contribution in [0.15, 0.2) is 53.0 Å². The number of benzene rings is 2. The highest BCUT2D eigenvalue weighted by Gasteiger charge is 2.25. The van der Waals surface area contributed by atoms with Crippen LogP contribution >= 0.6 is 0 Å². The lowest BCUT2D eigenvalue weighted by molar-refractivity contribution is -0.132. The zero-order valence-corrected chi connectivity index (χ0v) is 21.0. The SMILES string of the molecule is CCCN(CCC)C(=O)C1=Nc2ccc(-c3ccc(C(=O)N4CCCC4)cc3)cc2C=C(C(=O)O)C1. The number of hydrogen-bond donors (Lipinski definition) is 1. The number of rotatable bonds is 8. The Morgan fingerprint density at radius 1 is 0.944 bits per heavy atom. The van der Waals surface area contributed by atoms with Gasteiger partial charge in [-0.05, 0) is 67.2 Å². The topological polar surface area (TPSA) is 90.3 Å². The summed E-state index contributed by atoms with van der Waals surface area (Å²) in [7, 11) is 0. The number of aliphatic imine (C=N–C) groups is 1. The van der Waals surface area contributed by atoms with E-state index in [1.165, 1.54) is 0 Å². The molecule has 0 spiro atoms. The number of nitrogens with zero attached hydrogens (tertiary/aromatic N) is 3. The van der Waals surface area contributed by atoms with Crippen LogP contribution in [0.2, 0.25) is 0 Å². The highest BCUT2D eigenvalue weighted by molar-refractivity contribution is 6.40. The van der Waals surface area contributed by atoms with Crippen molar-refractivity contribution in [2.24, 2.45) is 4.99 Å². The predicted octanol–water partition coefficient (Wildman–Crippen LogP) is 5.18. The van der Waals surface area contributed by atoms with Crippen LogP contribution in [0.4, 0.5) is 5.69 Å². The van der Waals surface area contributed by atoms with E-state index in [0.717, 1.165) is 49.9 Å². The van der Waals surface area contributed by atoms with Gasteiger partial charge >= 0.3 is 5.97 Å². The van der Waals surface area contributed by atoms with Gasteiger partial charge in [0.15, 0.2) is 0 Å². The van der Waals surface area contributed by atoms with Gasteiger partial charge in [-0.1, -0.05) is 32.0 Å². The molecule has 0 atom stereocenters. The summed E-state index contributed by atoms with van der Waals surface area (Å²) in [6.45, 7) is 6.87. The number of likely N-dealkylation sites (tertiary alicyclic amines) is 1. The Hall–Kier alpha value is -3.74. The summed E-state index contributed by atoms with van der Waals surface area (Å²) in [5, 5.41) is 9.81. The normalized spacial score (nSPS) is 15.0. The second-order valence-electron chi connectivity index (χ2n) is 9.35. The molecule has 2 aromatic carbocycles. The van der Waals surface area contributed by atoms with Crippen molar-refractivity contribution in [3.05, 3.63) is 59.2 Å². The van der Waals surface area contributed by atoms with Crippen molar-refractivity contribution >= 4 is 35.3 Å². The van der Waals surface area contributed by atoms with Crippen LogP contribution in [-0.2, 0) is 9.59 Å². The first-order chi connectivity index (χ1) is 17.4. The summed E-state index contributed by atoms with van der Waals surface area (Å²) in [6.07, 6.45) is 5.34. The Labute approximate surface area is 212 Å². The molecule has 4 rings (SSSR count). The van der Waals surface area contributed by atoms with E-state index in [-0.39, 0.29) is 29.5 Å². The zero-order chi connectivity index (χ0) is 25.7. The summed E-state index contributed by atoms with van der Waals surface area (Å²) in [6, 6.07) is 13.1. The lowest BCUT2D eigenvalue weighted by Crippen LogP contribution is -2.38. The number of carboxylic acid groups (broad SMARTS) is 1. The monoisotopic (exact) mass is 487 g/mol. The summed E-state index contributed by atoms with van der Waals surface area (Å²) in [4.78, 5) is 46.1. The van der Waals surface area contributed by atoms with Crippen LogP contribution in [0.25, 0.3) is 17.2 Å². The highest BCUT2D eigenvalue weighted by atomic mass is 16.4. The van der Waals surface area contributed by atoms with Gasteiger partial charge in [0.25, 0.3) is 11.8 Å². The van der Waals surface area contributed by atoms with Crippen LogP contribution in [0.5, 0.6) is 0 Å². The van der Waals surface area contributed by atoms with Crippen molar-refractivity contribution in [1.29, 1.82) is 0 Å². The molecule has 1 N–H and O–H groups in total. The zero-order valence-electron chi connectivity index (χ0n) is 21.0. The third-order valence-corrected chi connectivity index (χ3v) is 6.62.